The third kappa shape index (κ3) is 2.37. The van der Waals surface area contributed by atoms with Gasteiger partial charge in [-0.1, -0.05) is 12.1 Å². The van der Waals surface area contributed by atoms with E-state index in [9.17, 15) is 4.79 Å². The van der Waals surface area contributed by atoms with Crippen molar-refractivity contribution in [2.24, 2.45) is 0 Å². The number of carbonyl (C=O) groups excluding carboxylic acids is 1. The van der Waals surface area contributed by atoms with Crippen molar-refractivity contribution in [2.45, 2.75) is 13.2 Å². The summed E-state index contributed by atoms with van der Waals surface area (Å²) in [6.07, 6.45) is 0. The number of rotatable bonds is 3. The average Bonchev–Trinajstić information content (AvgIpc) is 2.93. The second-order valence-electron chi connectivity index (χ2n) is 4.65. The van der Waals surface area contributed by atoms with Gasteiger partial charge in [0.25, 0.3) is 0 Å². The number of ether oxygens (including phenoxy) is 2. The van der Waals surface area contributed by atoms with Gasteiger partial charge in [0.2, 0.25) is 0 Å². The minimum absolute atomic E-state index is 0.00534. The molecule has 0 saturated heterocycles. The summed E-state index contributed by atoms with van der Waals surface area (Å²) < 4.78 is 11.2. The molecule has 1 aliphatic rings. The lowest BCUT2D eigenvalue weighted by atomic mass is 9.99. The Bertz CT molecular complexity index is 679. The minimum atomic E-state index is -0.00534. The lowest BCUT2D eigenvalue weighted by Crippen LogP contribution is -2.03. The summed E-state index contributed by atoms with van der Waals surface area (Å²) in [6, 6.07) is 11.1. The molecule has 0 bridgehead atoms. The molecule has 0 amide bonds. The summed E-state index contributed by atoms with van der Waals surface area (Å²) in [7, 11) is 1.60. The lowest BCUT2D eigenvalue weighted by Gasteiger charge is -2.07. The van der Waals surface area contributed by atoms with Gasteiger partial charge >= 0.3 is 0 Å². The molecule has 0 aromatic heterocycles. The van der Waals surface area contributed by atoms with E-state index in [0.717, 1.165) is 21.3 Å². The van der Waals surface area contributed by atoms with Gasteiger partial charge in [0.1, 0.15) is 5.75 Å². The van der Waals surface area contributed by atoms with Crippen molar-refractivity contribution in [1.82, 2.24) is 0 Å². The highest BCUT2D eigenvalue weighted by molar-refractivity contribution is 9.10. The fourth-order valence-electron chi connectivity index (χ4n) is 2.28. The summed E-state index contributed by atoms with van der Waals surface area (Å²) in [5, 5.41) is 0. The third-order valence-electron chi connectivity index (χ3n) is 3.40. The highest BCUT2D eigenvalue weighted by Gasteiger charge is 2.17. The van der Waals surface area contributed by atoms with Crippen molar-refractivity contribution < 1.29 is 14.3 Å². The summed E-state index contributed by atoms with van der Waals surface area (Å²) >= 11 is 3.42. The van der Waals surface area contributed by atoms with Crippen LogP contribution in [-0.2, 0) is 18.0 Å². The summed E-state index contributed by atoms with van der Waals surface area (Å²) in [4.78, 5) is 12.6. The van der Waals surface area contributed by atoms with Crippen LogP contribution in [0.4, 0.5) is 0 Å². The predicted molar refractivity (Wildman–Crippen MR) is 79.1 cm³/mol. The van der Waals surface area contributed by atoms with Gasteiger partial charge in [0, 0.05) is 15.6 Å². The molecule has 102 valence electrons. The zero-order valence-corrected chi connectivity index (χ0v) is 12.6. The van der Waals surface area contributed by atoms with Gasteiger partial charge in [-0.2, -0.15) is 0 Å². The van der Waals surface area contributed by atoms with Gasteiger partial charge in [0.05, 0.1) is 20.3 Å². The number of fused-ring (bicyclic) bond motifs is 1. The first-order valence-corrected chi connectivity index (χ1v) is 7.06. The summed E-state index contributed by atoms with van der Waals surface area (Å²) in [5.74, 6) is 0.713. The third-order valence-corrected chi connectivity index (χ3v) is 4.06. The Morgan fingerprint density at radius 3 is 2.70 bits per heavy atom. The number of methoxy groups -OCH3 is 1. The molecule has 0 N–H and O–H groups in total. The van der Waals surface area contributed by atoms with Crippen molar-refractivity contribution in [2.75, 3.05) is 7.11 Å². The maximum absolute atomic E-state index is 12.6. The lowest BCUT2D eigenvalue weighted by molar-refractivity contribution is 0.103. The average molecular weight is 333 g/mol. The van der Waals surface area contributed by atoms with Crippen molar-refractivity contribution in [3.05, 3.63) is 63.1 Å². The standard InChI is InChI=1S/C16H13BrO3/c1-19-13-4-5-14(15(17)7-13)16(18)10-2-3-11-8-20-9-12(11)6-10/h2-7H,8-9H2,1H3. The van der Waals surface area contributed by atoms with E-state index in [0.29, 0.717) is 24.3 Å². The van der Waals surface area contributed by atoms with E-state index in [1.165, 1.54) is 0 Å². The Labute approximate surface area is 125 Å². The summed E-state index contributed by atoms with van der Waals surface area (Å²) in [6.45, 7) is 1.22. The molecule has 0 unspecified atom stereocenters. The number of ketones is 1. The van der Waals surface area contributed by atoms with Crippen LogP contribution in [0.2, 0.25) is 0 Å². The topological polar surface area (TPSA) is 35.5 Å². The van der Waals surface area contributed by atoms with Crippen LogP contribution in [0.3, 0.4) is 0 Å². The number of carbonyl (C=O) groups is 1. The van der Waals surface area contributed by atoms with E-state index in [4.69, 9.17) is 9.47 Å². The van der Waals surface area contributed by atoms with Crippen LogP contribution in [0.15, 0.2) is 40.9 Å². The minimum Gasteiger partial charge on any atom is -0.497 e. The first-order valence-electron chi connectivity index (χ1n) is 6.27. The van der Waals surface area contributed by atoms with E-state index in [2.05, 4.69) is 15.9 Å². The highest BCUT2D eigenvalue weighted by Crippen LogP contribution is 2.27. The molecule has 0 spiro atoms. The Morgan fingerprint density at radius 2 is 1.95 bits per heavy atom. The number of hydrogen-bond acceptors (Lipinski definition) is 3. The van der Waals surface area contributed by atoms with Gasteiger partial charge in [-0.05, 0) is 51.3 Å². The van der Waals surface area contributed by atoms with E-state index in [1.807, 2.05) is 18.2 Å². The van der Waals surface area contributed by atoms with Crippen LogP contribution in [-0.4, -0.2) is 12.9 Å². The maximum Gasteiger partial charge on any atom is 0.194 e. The fourth-order valence-corrected chi connectivity index (χ4v) is 2.81. The van der Waals surface area contributed by atoms with Crippen LogP contribution in [0.25, 0.3) is 0 Å². The van der Waals surface area contributed by atoms with Gasteiger partial charge in [-0.25, -0.2) is 0 Å². The zero-order valence-electron chi connectivity index (χ0n) is 11.0. The van der Waals surface area contributed by atoms with E-state index >= 15 is 0 Å². The molecule has 1 heterocycles. The molecule has 1 aliphatic heterocycles. The van der Waals surface area contributed by atoms with Crippen LogP contribution in [0, 0.1) is 0 Å². The maximum atomic E-state index is 12.6. The molecule has 0 radical (unpaired) electrons. The molecule has 2 aromatic rings. The van der Waals surface area contributed by atoms with E-state index in [-0.39, 0.29) is 5.78 Å². The molecule has 2 aromatic carbocycles. The number of hydrogen-bond donors (Lipinski definition) is 0. The predicted octanol–water partition coefficient (Wildman–Crippen LogP) is 3.72. The molecule has 0 fully saturated rings. The quantitative estimate of drug-likeness (QED) is 0.803. The van der Waals surface area contributed by atoms with Crippen molar-refractivity contribution in [1.29, 1.82) is 0 Å². The molecular weight excluding hydrogens is 320 g/mol. The second-order valence-corrected chi connectivity index (χ2v) is 5.51. The highest BCUT2D eigenvalue weighted by atomic mass is 79.9. The zero-order chi connectivity index (χ0) is 14.1. The van der Waals surface area contributed by atoms with Crippen LogP contribution in [0.1, 0.15) is 27.0 Å². The van der Waals surface area contributed by atoms with Gasteiger partial charge in [-0.15, -0.1) is 0 Å². The van der Waals surface area contributed by atoms with Crippen LogP contribution >= 0.6 is 15.9 Å². The van der Waals surface area contributed by atoms with Crippen molar-refractivity contribution >= 4 is 21.7 Å². The first-order chi connectivity index (χ1) is 9.69. The Balaban J connectivity index is 1.96. The van der Waals surface area contributed by atoms with Crippen molar-refractivity contribution in [3.8, 4) is 5.75 Å². The van der Waals surface area contributed by atoms with E-state index in [1.54, 1.807) is 25.3 Å². The Kier molecular flexibility index (Phi) is 3.59. The second kappa shape index (κ2) is 5.38. The van der Waals surface area contributed by atoms with Gasteiger partial charge < -0.3 is 9.47 Å². The van der Waals surface area contributed by atoms with E-state index < -0.39 is 0 Å². The van der Waals surface area contributed by atoms with Crippen LogP contribution in [0.5, 0.6) is 5.75 Å². The number of benzene rings is 2. The first kappa shape index (κ1) is 13.3. The number of halogens is 1. The molecule has 3 nitrogen and oxygen atoms in total. The van der Waals surface area contributed by atoms with Crippen LogP contribution < -0.4 is 4.74 Å². The van der Waals surface area contributed by atoms with Crippen molar-refractivity contribution in [3.63, 3.8) is 0 Å². The molecule has 3 rings (SSSR count). The molecular formula is C16H13BrO3. The Morgan fingerprint density at radius 1 is 1.15 bits per heavy atom. The monoisotopic (exact) mass is 332 g/mol. The molecule has 0 atom stereocenters. The normalized spacial score (nSPS) is 13.1. The smallest absolute Gasteiger partial charge is 0.194 e. The molecule has 0 aliphatic carbocycles. The molecule has 20 heavy (non-hydrogen) atoms. The fraction of sp³-hybridized carbons (Fsp3) is 0.188. The van der Waals surface area contributed by atoms with Gasteiger partial charge in [0.15, 0.2) is 5.78 Å². The Hall–Kier alpha value is -1.65. The molecule has 4 heteroatoms. The van der Waals surface area contributed by atoms with Gasteiger partial charge in [-0.3, -0.25) is 4.79 Å². The molecule has 0 saturated carbocycles. The SMILES string of the molecule is COc1ccc(C(=O)c2ccc3c(c2)COC3)c(Br)c1. The summed E-state index contributed by atoms with van der Waals surface area (Å²) in [5.41, 5.74) is 3.57. The largest absolute Gasteiger partial charge is 0.497 e.